The third kappa shape index (κ3) is 9.86. The van der Waals surface area contributed by atoms with E-state index in [0.29, 0.717) is 11.4 Å². The molecule has 4 heteroatoms. The lowest BCUT2D eigenvalue weighted by Gasteiger charge is -2.07. The van der Waals surface area contributed by atoms with Gasteiger partial charge in [-0.2, -0.15) is 0 Å². The lowest BCUT2D eigenvalue weighted by molar-refractivity contribution is 0.108. The third-order valence-electron chi connectivity index (χ3n) is 4.85. The molecule has 0 amide bonds. The molecule has 0 atom stereocenters. The molecule has 0 N–H and O–H groups in total. The molecule has 0 aromatic heterocycles. The first-order valence-corrected chi connectivity index (χ1v) is 12.4. The summed E-state index contributed by atoms with van der Waals surface area (Å²) in [6.07, 6.45) is 14.2. The number of unbranched alkanes of at least 4 members (excludes halogenated alkanes) is 7. The molecule has 30 heavy (non-hydrogen) atoms. The first-order valence-electron chi connectivity index (χ1n) is 11.0. The first-order chi connectivity index (χ1) is 14.7. The number of hydrogen-bond donors (Lipinski definition) is 0. The van der Waals surface area contributed by atoms with Gasteiger partial charge in [-0.1, -0.05) is 76.2 Å². The molecular formula is C26H33ClO2S. The second kappa shape index (κ2) is 15.1. The van der Waals surface area contributed by atoms with Gasteiger partial charge in [0.05, 0.1) is 6.61 Å². The summed E-state index contributed by atoms with van der Waals surface area (Å²) in [4.78, 5) is 13.4. The normalized spacial score (nSPS) is 11.1. The van der Waals surface area contributed by atoms with E-state index in [1.807, 2.05) is 60.7 Å². The predicted octanol–water partition coefficient (Wildman–Crippen LogP) is 8.39. The van der Waals surface area contributed by atoms with Gasteiger partial charge >= 0.3 is 0 Å². The van der Waals surface area contributed by atoms with E-state index >= 15 is 0 Å². The summed E-state index contributed by atoms with van der Waals surface area (Å²) in [5.41, 5.74) is 1.76. The van der Waals surface area contributed by atoms with Gasteiger partial charge in [0, 0.05) is 16.3 Å². The molecule has 2 aromatic carbocycles. The smallest absolute Gasteiger partial charge is 0.224 e. The maximum absolute atomic E-state index is 12.5. The average molecular weight is 445 g/mol. The molecule has 0 fully saturated rings. The minimum Gasteiger partial charge on any atom is -0.494 e. The predicted molar refractivity (Wildman–Crippen MR) is 131 cm³/mol. The van der Waals surface area contributed by atoms with Crippen LogP contribution in [0.3, 0.4) is 0 Å². The summed E-state index contributed by atoms with van der Waals surface area (Å²) in [7, 11) is 0. The summed E-state index contributed by atoms with van der Waals surface area (Å²) in [5.74, 6) is 1.32. The fourth-order valence-electron chi connectivity index (χ4n) is 3.11. The van der Waals surface area contributed by atoms with E-state index < -0.39 is 0 Å². The number of carbonyl (C=O) groups excluding carboxylic acids is 1. The van der Waals surface area contributed by atoms with Gasteiger partial charge in [-0.25, -0.2) is 0 Å². The van der Waals surface area contributed by atoms with Crippen molar-refractivity contribution < 1.29 is 9.53 Å². The molecule has 0 heterocycles. The van der Waals surface area contributed by atoms with Crippen molar-refractivity contribution in [2.45, 2.75) is 63.2 Å². The largest absolute Gasteiger partial charge is 0.494 e. The molecule has 0 aliphatic carbocycles. The Bertz CT molecular complexity index is 754. The molecule has 2 nitrogen and oxygen atoms in total. The van der Waals surface area contributed by atoms with E-state index in [0.717, 1.165) is 29.2 Å². The average Bonchev–Trinajstić information content (AvgIpc) is 2.78. The van der Waals surface area contributed by atoms with E-state index in [2.05, 4.69) is 6.92 Å². The van der Waals surface area contributed by atoms with Gasteiger partial charge in [-0.15, -0.1) is 11.6 Å². The highest BCUT2D eigenvalue weighted by atomic mass is 35.5. The topological polar surface area (TPSA) is 26.3 Å². The molecule has 0 radical (unpaired) electrons. The molecule has 0 unspecified atom stereocenters. The summed E-state index contributed by atoms with van der Waals surface area (Å²) < 4.78 is 5.82. The molecule has 0 aliphatic heterocycles. The van der Waals surface area contributed by atoms with Gasteiger partial charge in [0.2, 0.25) is 5.12 Å². The number of rotatable bonds is 14. The second-order valence-electron chi connectivity index (χ2n) is 7.36. The number of benzene rings is 2. The van der Waals surface area contributed by atoms with Crippen LogP contribution in [-0.4, -0.2) is 17.6 Å². The van der Waals surface area contributed by atoms with Crippen LogP contribution in [0, 0.1) is 0 Å². The van der Waals surface area contributed by atoms with Gasteiger partial charge in [0.15, 0.2) is 0 Å². The van der Waals surface area contributed by atoms with Crippen LogP contribution in [0.15, 0.2) is 59.5 Å². The third-order valence-corrected chi connectivity index (χ3v) is 5.95. The van der Waals surface area contributed by atoms with Crippen LogP contribution in [0.2, 0.25) is 0 Å². The van der Waals surface area contributed by atoms with E-state index in [-0.39, 0.29) is 5.12 Å². The highest BCUT2D eigenvalue weighted by molar-refractivity contribution is 8.14. The fourth-order valence-corrected chi connectivity index (χ4v) is 3.94. The molecule has 0 saturated heterocycles. The molecular weight excluding hydrogens is 412 g/mol. The van der Waals surface area contributed by atoms with Gasteiger partial charge in [0.25, 0.3) is 0 Å². The van der Waals surface area contributed by atoms with Gasteiger partial charge < -0.3 is 4.74 Å². The highest BCUT2D eigenvalue weighted by Crippen LogP contribution is 2.25. The number of allylic oxidation sites excluding steroid dienone is 1. The zero-order chi connectivity index (χ0) is 21.4. The van der Waals surface area contributed by atoms with Crippen molar-refractivity contribution in [2.24, 2.45) is 0 Å². The van der Waals surface area contributed by atoms with Crippen molar-refractivity contribution in [3.63, 3.8) is 0 Å². The number of alkyl halides is 1. The maximum Gasteiger partial charge on any atom is 0.224 e. The first kappa shape index (κ1) is 24.6. The van der Waals surface area contributed by atoms with Crippen molar-refractivity contribution in [3.8, 4) is 5.75 Å². The van der Waals surface area contributed by atoms with Gasteiger partial charge in [-0.05, 0) is 60.1 Å². The monoisotopic (exact) mass is 444 g/mol. The number of halogens is 1. The van der Waals surface area contributed by atoms with Crippen LogP contribution >= 0.6 is 23.4 Å². The quantitative estimate of drug-likeness (QED) is 0.166. The van der Waals surface area contributed by atoms with Crippen molar-refractivity contribution in [2.75, 3.05) is 12.5 Å². The number of hydrogen-bond acceptors (Lipinski definition) is 3. The molecule has 0 bridgehead atoms. The Balaban J connectivity index is 1.68. The molecule has 0 spiro atoms. The van der Waals surface area contributed by atoms with Crippen LogP contribution in [0.1, 0.15) is 74.2 Å². The van der Waals surface area contributed by atoms with Crippen LogP contribution in [0.5, 0.6) is 5.75 Å². The van der Waals surface area contributed by atoms with Crippen molar-refractivity contribution in [3.05, 3.63) is 65.7 Å². The molecule has 162 valence electrons. The Hall–Kier alpha value is -1.71. The van der Waals surface area contributed by atoms with Crippen LogP contribution in [-0.2, 0) is 0 Å². The summed E-state index contributed by atoms with van der Waals surface area (Å²) in [6.45, 7) is 2.99. The Morgan fingerprint density at radius 1 is 0.900 bits per heavy atom. The van der Waals surface area contributed by atoms with E-state index in [9.17, 15) is 4.79 Å². The van der Waals surface area contributed by atoms with Crippen LogP contribution in [0.4, 0.5) is 0 Å². The second-order valence-corrected chi connectivity index (χ2v) is 8.72. The summed E-state index contributed by atoms with van der Waals surface area (Å²) in [6, 6.07) is 15.3. The Morgan fingerprint density at radius 2 is 1.53 bits per heavy atom. The van der Waals surface area contributed by atoms with Crippen LogP contribution < -0.4 is 4.74 Å². The minimum absolute atomic E-state index is 0.0358. The number of thioether (sulfide) groups is 1. The molecule has 2 aromatic rings. The molecule has 0 saturated carbocycles. The zero-order valence-corrected chi connectivity index (χ0v) is 19.5. The lowest BCUT2D eigenvalue weighted by atomic mass is 10.1. The van der Waals surface area contributed by atoms with Crippen molar-refractivity contribution in [1.29, 1.82) is 0 Å². The number of carbonyl (C=O) groups is 1. The fraction of sp³-hybridized carbons (Fsp3) is 0.423. The summed E-state index contributed by atoms with van der Waals surface area (Å²) >= 11 is 6.89. The Labute approximate surface area is 191 Å². The summed E-state index contributed by atoms with van der Waals surface area (Å²) in [5, 5.41) is 0.0358. The number of ether oxygens (including phenoxy) is 1. The van der Waals surface area contributed by atoms with Gasteiger partial charge in [-0.3, -0.25) is 4.79 Å². The molecule has 0 aliphatic rings. The standard InChI is InChI=1S/C26H33ClO2S/c1-2-3-4-5-6-7-8-9-21-29-24-16-14-23(15-17-24)26(28)30-25-18-12-22(13-19-25)11-10-20-27/h10-19H,2-9,20-21H2,1H3. The van der Waals surface area contributed by atoms with E-state index in [1.165, 1.54) is 56.7 Å². The Morgan fingerprint density at radius 3 is 2.17 bits per heavy atom. The molecule has 2 rings (SSSR count). The Kier molecular flexibility index (Phi) is 12.4. The SMILES string of the molecule is CCCCCCCCCCOc1ccc(C(=O)Sc2ccc(C=CCCl)cc2)cc1. The van der Waals surface area contributed by atoms with Crippen molar-refractivity contribution in [1.82, 2.24) is 0 Å². The minimum atomic E-state index is 0.0358. The van der Waals surface area contributed by atoms with E-state index in [4.69, 9.17) is 16.3 Å². The van der Waals surface area contributed by atoms with Gasteiger partial charge in [0.1, 0.15) is 5.75 Å². The maximum atomic E-state index is 12.5. The highest BCUT2D eigenvalue weighted by Gasteiger charge is 2.08. The zero-order valence-electron chi connectivity index (χ0n) is 17.9. The van der Waals surface area contributed by atoms with Crippen molar-refractivity contribution >= 4 is 34.6 Å². The van der Waals surface area contributed by atoms with E-state index in [1.54, 1.807) is 0 Å². The lowest BCUT2D eigenvalue weighted by Crippen LogP contribution is -1.98. The van der Waals surface area contributed by atoms with Crippen LogP contribution in [0.25, 0.3) is 6.08 Å².